The minimum Gasteiger partial charge on any atom is -0.307 e. The number of aryl methyl sites for hydroxylation is 2. The molecule has 27 heavy (non-hydrogen) atoms. The lowest BCUT2D eigenvalue weighted by atomic mass is 9.99. The average Bonchev–Trinajstić information content (AvgIpc) is 3.22. The Labute approximate surface area is 161 Å². The van der Waals surface area contributed by atoms with Gasteiger partial charge in [-0.1, -0.05) is 6.07 Å². The third kappa shape index (κ3) is 4.51. The van der Waals surface area contributed by atoms with Crippen molar-refractivity contribution in [3.63, 3.8) is 0 Å². The van der Waals surface area contributed by atoms with Crippen molar-refractivity contribution in [2.45, 2.75) is 76.9 Å². The fourth-order valence-electron chi connectivity index (χ4n) is 4.13. The van der Waals surface area contributed by atoms with Gasteiger partial charge in [-0.3, -0.25) is 0 Å². The molecule has 0 spiro atoms. The Balaban J connectivity index is 1.69. The Hall–Kier alpha value is -1.89. The van der Waals surface area contributed by atoms with Gasteiger partial charge in [0.1, 0.15) is 5.78 Å². The van der Waals surface area contributed by atoms with Crippen LogP contribution >= 0.6 is 0 Å². The van der Waals surface area contributed by atoms with Crippen molar-refractivity contribution in [1.29, 1.82) is 0 Å². The van der Waals surface area contributed by atoms with Crippen LogP contribution in [0.25, 0.3) is 0 Å². The number of anilines is 1. The van der Waals surface area contributed by atoms with Gasteiger partial charge in [-0.25, -0.2) is 17.9 Å². The number of fused-ring (bicyclic) bond motifs is 2. The second-order valence-corrected chi connectivity index (χ2v) is 9.84. The first-order valence-corrected chi connectivity index (χ1v) is 11.3. The number of ketones is 1. The minimum atomic E-state index is -3.78. The van der Waals surface area contributed by atoms with Crippen LogP contribution in [0.1, 0.15) is 68.2 Å². The van der Waals surface area contributed by atoms with Crippen LogP contribution in [-0.2, 0) is 40.5 Å². The summed E-state index contributed by atoms with van der Waals surface area (Å²) in [6.07, 6.45) is 7.22. The van der Waals surface area contributed by atoms with E-state index in [1.54, 1.807) is 6.92 Å². The first-order chi connectivity index (χ1) is 12.8. The zero-order chi connectivity index (χ0) is 19.6. The minimum absolute atomic E-state index is 0.0390. The van der Waals surface area contributed by atoms with Crippen LogP contribution in [0.3, 0.4) is 0 Å². The molecule has 3 rings (SSSR count). The molecule has 0 radical (unpaired) electrons. The van der Waals surface area contributed by atoms with Gasteiger partial charge in [-0.15, -0.1) is 0 Å². The van der Waals surface area contributed by atoms with E-state index in [4.69, 9.17) is 0 Å². The standard InChI is InChI=1S/C20H28N2O4S/c1-13(23)6-3-7-14(2)27(25,26)22-20(24)21-19-17-10-4-8-15(17)12-16-9-5-11-18(16)19/h12,14H,3-11H2,1-2H3,(H2,21,22,24). The van der Waals surface area contributed by atoms with Crippen LogP contribution in [0.2, 0.25) is 0 Å². The van der Waals surface area contributed by atoms with Crippen molar-refractivity contribution in [1.82, 2.24) is 4.72 Å². The van der Waals surface area contributed by atoms with Crippen LogP contribution in [-0.4, -0.2) is 25.5 Å². The zero-order valence-corrected chi connectivity index (χ0v) is 16.9. The maximum Gasteiger partial charge on any atom is 0.332 e. The Morgan fingerprint density at radius 3 is 2.22 bits per heavy atom. The van der Waals surface area contributed by atoms with Crippen LogP contribution in [0, 0.1) is 0 Å². The van der Waals surface area contributed by atoms with Gasteiger partial charge >= 0.3 is 6.03 Å². The molecule has 0 fully saturated rings. The summed E-state index contributed by atoms with van der Waals surface area (Å²) in [5, 5.41) is 2.12. The number of nitrogens with one attached hydrogen (secondary N) is 2. The van der Waals surface area contributed by atoms with E-state index in [1.807, 2.05) is 0 Å². The molecule has 0 heterocycles. The molecule has 0 bridgehead atoms. The molecular weight excluding hydrogens is 364 g/mol. The molecule has 0 saturated heterocycles. The number of rotatable bonds is 7. The van der Waals surface area contributed by atoms with Crippen molar-refractivity contribution in [3.8, 4) is 0 Å². The maximum absolute atomic E-state index is 12.5. The van der Waals surface area contributed by atoms with E-state index in [9.17, 15) is 18.0 Å². The highest BCUT2D eigenvalue weighted by molar-refractivity contribution is 7.90. The van der Waals surface area contributed by atoms with E-state index in [1.165, 1.54) is 18.1 Å². The molecule has 1 atom stereocenters. The molecule has 0 aromatic heterocycles. The first kappa shape index (κ1) is 19.9. The third-order valence-electron chi connectivity index (χ3n) is 5.62. The largest absolute Gasteiger partial charge is 0.332 e. The van der Waals surface area contributed by atoms with Crippen molar-refractivity contribution in [3.05, 3.63) is 28.3 Å². The molecule has 2 N–H and O–H groups in total. The van der Waals surface area contributed by atoms with Crippen LogP contribution < -0.4 is 10.0 Å². The number of Topliss-reactive ketones (excluding diaryl/α,β-unsaturated/α-hetero) is 1. The molecule has 1 aromatic rings. The Bertz CT molecular complexity index is 829. The van der Waals surface area contributed by atoms with E-state index >= 15 is 0 Å². The summed E-state index contributed by atoms with van der Waals surface area (Å²) in [4.78, 5) is 23.5. The smallest absolute Gasteiger partial charge is 0.307 e. The summed E-state index contributed by atoms with van der Waals surface area (Å²) in [6, 6.07) is 1.57. The first-order valence-electron chi connectivity index (χ1n) is 9.76. The summed E-state index contributed by atoms with van der Waals surface area (Å²) in [5.41, 5.74) is 5.72. The maximum atomic E-state index is 12.5. The zero-order valence-electron chi connectivity index (χ0n) is 16.1. The van der Waals surface area contributed by atoms with Gasteiger partial charge in [0.25, 0.3) is 0 Å². The topological polar surface area (TPSA) is 92.3 Å². The number of hydrogen-bond acceptors (Lipinski definition) is 4. The summed E-state index contributed by atoms with van der Waals surface area (Å²) in [7, 11) is -3.78. The molecule has 0 aliphatic heterocycles. The highest BCUT2D eigenvalue weighted by Gasteiger charge is 2.27. The lowest BCUT2D eigenvalue weighted by Crippen LogP contribution is -2.40. The second kappa shape index (κ2) is 8.00. The van der Waals surface area contributed by atoms with Crippen LogP contribution in [0.4, 0.5) is 10.5 Å². The lowest BCUT2D eigenvalue weighted by Gasteiger charge is -2.18. The Morgan fingerprint density at radius 2 is 1.67 bits per heavy atom. The second-order valence-electron chi connectivity index (χ2n) is 7.74. The van der Waals surface area contributed by atoms with Crippen molar-refractivity contribution < 1.29 is 18.0 Å². The number of hydrogen-bond donors (Lipinski definition) is 2. The quantitative estimate of drug-likeness (QED) is 0.745. The Kier molecular flexibility index (Phi) is 5.89. The summed E-state index contributed by atoms with van der Waals surface area (Å²) >= 11 is 0. The highest BCUT2D eigenvalue weighted by atomic mass is 32.2. The molecule has 1 unspecified atom stereocenters. The Morgan fingerprint density at radius 1 is 1.07 bits per heavy atom. The number of sulfonamides is 1. The van der Waals surface area contributed by atoms with Gasteiger partial charge in [0.2, 0.25) is 10.0 Å². The van der Waals surface area contributed by atoms with Crippen molar-refractivity contribution in [2.75, 3.05) is 5.32 Å². The van der Waals surface area contributed by atoms with E-state index in [2.05, 4.69) is 16.1 Å². The van der Waals surface area contributed by atoms with Gasteiger partial charge in [0, 0.05) is 12.1 Å². The molecule has 6 nitrogen and oxygen atoms in total. The molecule has 2 aliphatic rings. The van der Waals surface area contributed by atoms with E-state index in [-0.39, 0.29) is 5.78 Å². The molecular formula is C20H28N2O4S. The molecule has 2 amide bonds. The normalized spacial score (nSPS) is 16.5. The van der Waals surface area contributed by atoms with Gasteiger partial charge in [0.05, 0.1) is 5.25 Å². The fourth-order valence-corrected chi connectivity index (χ4v) is 5.12. The summed E-state index contributed by atoms with van der Waals surface area (Å²) < 4.78 is 27.0. The molecule has 1 aromatic carbocycles. The molecule has 2 aliphatic carbocycles. The van der Waals surface area contributed by atoms with E-state index in [0.717, 1.165) is 55.3 Å². The van der Waals surface area contributed by atoms with Gasteiger partial charge in [0.15, 0.2) is 0 Å². The van der Waals surface area contributed by atoms with Crippen LogP contribution in [0.5, 0.6) is 0 Å². The van der Waals surface area contributed by atoms with Gasteiger partial charge in [-0.05, 0) is 87.5 Å². The summed E-state index contributed by atoms with van der Waals surface area (Å²) in [6.45, 7) is 3.05. The third-order valence-corrected chi connectivity index (χ3v) is 7.38. The number of urea groups is 1. The SMILES string of the molecule is CC(=O)CCCC(C)S(=O)(=O)NC(=O)Nc1c2c(cc3c1CCC3)CCC2. The van der Waals surface area contributed by atoms with E-state index < -0.39 is 21.3 Å². The van der Waals surface area contributed by atoms with Gasteiger partial charge in [-0.2, -0.15) is 0 Å². The number of carbonyl (C=O) groups is 2. The average molecular weight is 393 g/mol. The van der Waals surface area contributed by atoms with Crippen molar-refractivity contribution in [2.24, 2.45) is 0 Å². The fraction of sp³-hybridized carbons (Fsp3) is 0.600. The van der Waals surface area contributed by atoms with Crippen LogP contribution in [0.15, 0.2) is 6.07 Å². The summed E-state index contributed by atoms with van der Waals surface area (Å²) in [5.74, 6) is 0.0390. The predicted molar refractivity (Wildman–Crippen MR) is 106 cm³/mol. The van der Waals surface area contributed by atoms with E-state index in [0.29, 0.717) is 19.3 Å². The lowest BCUT2D eigenvalue weighted by molar-refractivity contribution is -0.117. The highest BCUT2D eigenvalue weighted by Crippen LogP contribution is 2.38. The number of carbonyl (C=O) groups excluding carboxylic acids is 2. The number of benzene rings is 1. The van der Waals surface area contributed by atoms with Gasteiger partial charge < -0.3 is 10.1 Å². The predicted octanol–water partition coefficient (Wildman–Crippen LogP) is 3.26. The molecule has 7 heteroatoms. The van der Waals surface area contributed by atoms with Crippen molar-refractivity contribution >= 4 is 27.5 Å². The monoisotopic (exact) mass is 392 g/mol. The number of amides is 2. The molecule has 0 saturated carbocycles. The molecule has 148 valence electrons.